The van der Waals surface area contributed by atoms with Gasteiger partial charge >= 0.3 is 6.18 Å². The van der Waals surface area contributed by atoms with E-state index in [0.717, 1.165) is 22.4 Å². The molecule has 1 aliphatic rings. The van der Waals surface area contributed by atoms with E-state index in [1.807, 2.05) is 18.2 Å². The molecule has 2 aromatic carbocycles. The molecule has 0 spiro atoms. The van der Waals surface area contributed by atoms with Gasteiger partial charge in [-0.1, -0.05) is 36.4 Å². The summed E-state index contributed by atoms with van der Waals surface area (Å²) in [7, 11) is 0. The monoisotopic (exact) mass is 234 g/mol. The number of hydrogen-bond donors (Lipinski definition) is 0. The number of hydrogen-bond acceptors (Lipinski definition) is 0. The minimum atomic E-state index is -4.29. The maximum atomic E-state index is 12.9. The van der Waals surface area contributed by atoms with Crippen LogP contribution in [0.25, 0.3) is 16.8 Å². The highest BCUT2D eigenvalue weighted by atomic mass is 19.4. The lowest BCUT2D eigenvalue weighted by molar-refractivity contribution is -0.137. The fourth-order valence-corrected chi connectivity index (χ4v) is 2.38. The van der Waals surface area contributed by atoms with Crippen LogP contribution < -0.4 is 0 Å². The third kappa shape index (κ3) is 1.54. The summed E-state index contributed by atoms with van der Waals surface area (Å²) in [6.45, 7) is 0. The Morgan fingerprint density at radius 1 is 1.00 bits per heavy atom. The zero-order valence-corrected chi connectivity index (χ0v) is 8.88. The zero-order valence-electron chi connectivity index (χ0n) is 8.88. The molecule has 3 heteroatoms. The van der Waals surface area contributed by atoms with Crippen molar-refractivity contribution in [2.24, 2.45) is 0 Å². The summed E-state index contributed by atoms with van der Waals surface area (Å²) in [6.07, 6.45) is -0.228. The second-order valence-electron chi connectivity index (χ2n) is 4.15. The number of alkyl halides is 3. The second-order valence-corrected chi connectivity index (χ2v) is 4.15. The first-order valence-corrected chi connectivity index (χ1v) is 5.36. The van der Waals surface area contributed by atoms with E-state index < -0.39 is 11.7 Å². The Labute approximate surface area is 96.4 Å². The Morgan fingerprint density at radius 2 is 1.82 bits per heavy atom. The van der Waals surface area contributed by atoms with Gasteiger partial charge in [-0.3, -0.25) is 0 Å². The normalized spacial score (nSPS) is 14.3. The van der Waals surface area contributed by atoms with E-state index in [9.17, 15) is 13.2 Å². The lowest BCUT2D eigenvalue weighted by Crippen LogP contribution is -2.09. The molecule has 0 nitrogen and oxygen atoms in total. The van der Waals surface area contributed by atoms with Crippen molar-refractivity contribution in [3.8, 4) is 0 Å². The molecule has 17 heavy (non-hydrogen) atoms. The van der Waals surface area contributed by atoms with Crippen LogP contribution in [0.1, 0.15) is 16.7 Å². The Kier molecular flexibility index (Phi) is 2.05. The Morgan fingerprint density at radius 3 is 2.59 bits per heavy atom. The summed E-state index contributed by atoms with van der Waals surface area (Å²) in [5.41, 5.74) is 0.719. The van der Waals surface area contributed by atoms with Gasteiger partial charge in [0.2, 0.25) is 0 Å². The van der Waals surface area contributed by atoms with E-state index in [-0.39, 0.29) is 0 Å². The summed E-state index contributed by atoms with van der Waals surface area (Å²) in [5.74, 6) is 0. The zero-order chi connectivity index (χ0) is 12.0. The fraction of sp³-hybridized carbons (Fsp3) is 0.143. The van der Waals surface area contributed by atoms with Crippen LogP contribution in [0.3, 0.4) is 0 Å². The highest BCUT2D eigenvalue weighted by Gasteiger charge is 2.34. The van der Waals surface area contributed by atoms with Crippen molar-refractivity contribution in [1.82, 2.24) is 0 Å². The van der Waals surface area contributed by atoms with Crippen molar-refractivity contribution in [3.05, 3.63) is 53.1 Å². The highest BCUT2D eigenvalue weighted by molar-refractivity contribution is 5.96. The van der Waals surface area contributed by atoms with Gasteiger partial charge in [-0.2, -0.15) is 13.2 Å². The minimum absolute atomic E-state index is 0.303. The standard InChI is InChI=1S/C14H9F3/c15-14(16,17)12-8-7-10-4-1-3-9-5-2-6-11(12)13(9)10/h1-4,6-8H,5H2. The van der Waals surface area contributed by atoms with E-state index in [1.165, 1.54) is 0 Å². The first-order valence-electron chi connectivity index (χ1n) is 5.36. The van der Waals surface area contributed by atoms with Crippen LogP contribution in [0.2, 0.25) is 0 Å². The maximum absolute atomic E-state index is 12.9. The molecule has 2 aromatic rings. The predicted molar refractivity (Wildman–Crippen MR) is 61.7 cm³/mol. The molecule has 3 rings (SSSR count). The lowest BCUT2D eigenvalue weighted by atomic mass is 9.90. The smallest absolute Gasteiger partial charge is 0.166 e. The molecule has 1 aliphatic carbocycles. The molecule has 0 saturated carbocycles. The average molecular weight is 234 g/mol. The second kappa shape index (κ2) is 3.36. The van der Waals surface area contributed by atoms with Gasteiger partial charge in [-0.15, -0.1) is 0 Å². The molecule has 0 saturated heterocycles. The van der Waals surface area contributed by atoms with E-state index in [0.29, 0.717) is 12.0 Å². The first kappa shape index (κ1) is 10.4. The van der Waals surface area contributed by atoms with Crippen molar-refractivity contribution in [3.63, 3.8) is 0 Å². The average Bonchev–Trinajstić information content (AvgIpc) is 2.28. The van der Waals surface area contributed by atoms with Crippen molar-refractivity contribution in [2.75, 3.05) is 0 Å². The molecule has 0 atom stereocenters. The van der Waals surface area contributed by atoms with Crippen molar-refractivity contribution < 1.29 is 13.2 Å². The predicted octanol–water partition coefficient (Wildman–Crippen LogP) is 4.43. The molecule has 0 aromatic heterocycles. The van der Waals surface area contributed by atoms with Crippen LogP contribution in [0.5, 0.6) is 0 Å². The molecule has 0 bridgehead atoms. The SMILES string of the molecule is FC(F)(F)c1ccc2cccc3c2c1C=CC3. The topological polar surface area (TPSA) is 0 Å². The van der Waals surface area contributed by atoms with Gasteiger partial charge in [0.25, 0.3) is 0 Å². The summed E-state index contributed by atoms with van der Waals surface area (Å²) in [5, 5.41) is 1.61. The van der Waals surface area contributed by atoms with Crippen LogP contribution >= 0.6 is 0 Å². The summed E-state index contributed by atoms with van der Waals surface area (Å²) < 4.78 is 38.7. The molecule has 0 fully saturated rings. The van der Waals surface area contributed by atoms with Crippen molar-refractivity contribution in [2.45, 2.75) is 12.6 Å². The van der Waals surface area contributed by atoms with Gasteiger partial charge in [0.15, 0.2) is 0 Å². The van der Waals surface area contributed by atoms with Gasteiger partial charge in [0.05, 0.1) is 5.56 Å². The van der Waals surface area contributed by atoms with Gasteiger partial charge < -0.3 is 0 Å². The third-order valence-corrected chi connectivity index (χ3v) is 3.10. The largest absolute Gasteiger partial charge is 0.417 e. The van der Waals surface area contributed by atoms with E-state index in [2.05, 4.69) is 0 Å². The van der Waals surface area contributed by atoms with E-state index in [1.54, 1.807) is 18.2 Å². The van der Waals surface area contributed by atoms with Crippen LogP contribution in [0.15, 0.2) is 36.4 Å². The van der Waals surface area contributed by atoms with Gasteiger partial charge in [0.1, 0.15) is 0 Å². The molecule has 0 heterocycles. The number of halogens is 3. The molecule has 0 amide bonds. The molecular weight excluding hydrogens is 225 g/mol. The molecule has 0 N–H and O–H groups in total. The third-order valence-electron chi connectivity index (χ3n) is 3.10. The van der Waals surface area contributed by atoms with Crippen LogP contribution in [0, 0.1) is 0 Å². The highest BCUT2D eigenvalue weighted by Crippen LogP contribution is 2.38. The van der Waals surface area contributed by atoms with Crippen LogP contribution in [-0.4, -0.2) is 0 Å². The van der Waals surface area contributed by atoms with Crippen molar-refractivity contribution >= 4 is 16.8 Å². The van der Waals surface area contributed by atoms with Crippen LogP contribution in [0.4, 0.5) is 13.2 Å². The van der Waals surface area contributed by atoms with E-state index in [4.69, 9.17) is 0 Å². The Bertz CT molecular complexity index is 621. The Balaban J connectivity index is 2.44. The number of allylic oxidation sites excluding steroid dienone is 1. The molecular formula is C14H9F3. The molecule has 0 aliphatic heterocycles. The molecule has 0 unspecified atom stereocenters. The Hall–Kier alpha value is -1.77. The summed E-state index contributed by atoms with van der Waals surface area (Å²) in [6, 6.07) is 8.33. The van der Waals surface area contributed by atoms with Crippen molar-refractivity contribution in [1.29, 1.82) is 0 Å². The van der Waals surface area contributed by atoms with Gasteiger partial charge in [-0.05, 0) is 34.4 Å². The van der Waals surface area contributed by atoms with Gasteiger partial charge in [0, 0.05) is 0 Å². The molecule has 0 radical (unpaired) electrons. The van der Waals surface area contributed by atoms with E-state index >= 15 is 0 Å². The number of rotatable bonds is 0. The summed E-state index contributed by atoms with van der Waals surface area (Å²) in [4.78, 5) is 0. The number of benzene rings is 2. The van der Waals surface area contributed by atoms with Crippen LogP contribution in [-0.2, 0) is 12.6 Å². The van der Waals surface area contributed by atoms with Gasteiger partial charge in [-0.25, -0.2) is 0 Å². The maximum Gasteiger partial charge on any atom is 0.417 e. The first-order chi connectivity index (χ1) is 8.07. The molecule has 86 valence electrons. The summed E-state index contributed by atoms with van der Waals surface area (Å²) >= 11 is 0. The lowest BCUT2D eigenvalue weighted by Gasteiger charge is -2.17. The minimum Gasteiger partial charge on any atom is -0.166 e. The fourth-order valence-electron chi connectivity index (χ4n) is 2.38. The quantitative estimate of drug-likeness (QED) is 0.632.